The van der Waals surface area contributed by atoms with Crippen molar-refractivity contribution in [1.82, 2.24) is 0 Å². The van der Waals surface area contributed by atoms with Gasteiger partial charge in [0, 0.05) is 12.8 Å². The van der Waals surface area contributed by atoms with E-state index in [1.165, 1.54) is 56.3 Å². The third-order valence-electron chi connectivity index (χ3n) is 3.71. The number of quaternary nitrogens is 1. The van der Waals surface area contributed by atoms with Crippen molar-refractivity contribution in [3.8, 4) is 0 Å². The van der Waals surface area contributed by atoms with Gasteiger partial charge in [-0.15, -0.1) is 0 Å². The summed E-state index contributed by atoms with van der Waals surface area (Å²) >= 11 is 0. The predicted molar refractivity (Wildman–Crippen MR) is 47.4 cm³/mol. The second-order valence-electron chi connectivity index (χ2n) is 4.63. The van der Waals surface area contributed by atoms with E-state index in [2.05, 4.69) is 6.92 Å². The zero-order chi connectivity index (χ0) is 7.73. The topological polar surface area (TPSA) is 0 Å². The maximum absolute atomic E-state index is 2.41. The fraction of sp³-hybridized carbons (Fsp3) is 1.00. The first kappa shape index (κ1) is 7.60. The second kappa shape index (κ2) is 2.78. The Hall–Kier alpha value is -0.0400. The van der Waals surface area contributed by atoms with Crippen molar-refractivity contribution in [3.05, 3.63) is 0 Å². The van der Waals surface area contributed by atoms with Crippen LogP contribution in [0.5, 0.6) is 0 Å². The molecule has 1 heteroatoms. The molecule has 0 aromatic rings. The van der Waals surface area contributed by atoms with Gasteiger partial charge in [-0.2, -0.15) is 0 Å². The van der Waals surface area contributed by atoms with Gasteiger partial charge < -0.3 is 4.48 Å². The van der Waals surface area contributed by atoms with Crippen LogP contribution in [0.4, 0.5) is 0 Å². The second-order valence-corrected chi connectivity index (χ2v) is 4.63. The van der Waals surface area contributed by atoms with E-state index in [-0.39, 0.29) is 0 Å². The summed E-state index contributed by atoms with van der Waals surface area (Å²) in [6.45, 7) is 8.37. The zero-order valence-corrected chi connectivity index (χ0v) is 7.68. The van der Waals surface area contributed by atoms with Crippen LogP contribution in [0.25, 0.3) is 0 Å². The molecule has 0 aliphatic carbocycles. The lowest BCUT2D eigenvalue weighted by atomic mass is 9.97. The van der Waals surface area contributed by atoms with Crippen LogP contribution in [0.2, 0.25) is 0 Å². The van der Waals surface area contributed by atoms with Crippen LogP contribution in [0, 0.1) is 5.92 Å². The summed E-state index contributed by atoms with van der Waals surface area (Å²) in [4.78, 5) is 0. The molecule has 1 nitrogen and oxygen atoms in total. The maximum Gasteiger partial charge on any atom is 0.0789 e. The van der Waals surface area contributed by atoms with Crippen molar-refractivity contribution >= 4 is 0 Å². The lowest BCUT2D eigenvalue weighted by molar-refractivity contribution is -0.922. The molecule has 64 valence electrons. The molecule has 2 rings (SSSR count). The number of hydrogen-bond donors (Lipinski definition) is 0. The number of rotatable bonds is 0. The molecule has 0 unspecified atom stereocenters. The van der Waals surface area contributed by atoms with Crippen molar-refractivity contribution in [2.24, 2.45) is 5.92 Å². The molecule has 0 N–H and O–H groups in total. The molecule has 0 amide bonds. The Balaban J connectivity index is 1.94. The van der Waals surface area contributed by atoms with Crippen molar-refractivity contribution < 1.29 is 4.48 Å². The minimum absolute atomic E-state index is 1.01. The summed E-state index contributed by atoms with van der Waals surface area (Å²) < 4.78 is 1.49. The fourth-order valence-electron chi connectivity index (χ4n) is 2.70. The van der Waals surface area contributed by atoms with Crippen molar-refractivity contribution in [3.63, 3.8) is 0 Å². The summed E-state index contributed by atoms with van der Waals surface area (Å²) in [6.07, 6.45) is 5.96. The molecule has 11 heavy (non-hydrogen) atoms. The van der Waals surface area contributed by atoms with Crippen LogP contribution in [-0.4, -0.2) is 30.7 Å². The molecule has 1 spiro atoms. The smallest absolute Gasteiger partial charge is 0.0789 e. The van der Waals surface area contributed by atoms with Gasteiger partial charge in [0.25, 0.3) is 0 Å². The summed E-state index contributed by atoms with van der Waals surface area (Å²) in [6, 6.07) is 0. The Morgan fingerprint density at radius 1 is 0.909 bits per heavy atom. The van der Waals surface area contributed by atoms with Gasteiger partial charge in [0.05, 0.1) is 26.2 Å². The van der Waals surface area contributed by atoms with E-state index in [1.807, 2.05) is 0 Å². The molecule has 0 atom stereocenters. The summed E-state index contributed by atoms with van der Waals surface area (Å²) in [5.74, 6) is 1.01. The summed E-state index contributed by atoms with van der Waals surface area (Å²) in [5.41, 5.74) is 0. The Labute approximate surface area is 70.0 Å². The van der Waals surface area contributed by atoms with Crippen LogP contribution < -0.4 is 0 Å². The first-order chi connectivity index (χ1) is 5.31. The highest BCUT2D eigenvalue weighted by Crippen LogP contribution is 2.28. The summed E-state index contributed by atoms with van der Waals surface area (Å²) in [7, 11) is 0. The molecular formula is C10H20N+. The Kier molecular flexibility index (Phi) is 1.92. The van der Waals surface area contributed by atoms with E-state index >= 15 is 0 Å². The molecule has 0 radical (unpaired) electrons. The van der Waals surface area contributed by atoms with Crippen molar-refractivity contribution in [1.29, 1.82) is 0 Å². The van der Waals surface area contributed by atoms with Gasteiger partial charge in [-0.05, 0) is 18.8 Å². The van der Waals surface area contributed by atoms with Gasteiger partial charge in [0.1, 0.15) is 0 Å². The highest BCUT2D eigenvalue weighted by Gasteiger charge is 2.34. The van der Waals surface area contributed by atoms with Crippen LogP contribution >= 0.6 is 0 Å². The van der Waals surface area contributed by atoms with E-state index in [9.17, 15) is 0 Å². The Morgan fingerprint density at radius 2 is 1.45 bits per heavy atom. The molecule has 0 aromatic carbocycles. The fourth-order valence-corrected chi connectivity index (χ4v) is 2.70. The first-order valence-electron chi connectivity index (χ1n) is 5.16. The SMILES string of the molecule is CC1CC[N+]2(CCCC2)CC1. The van der Waals surface area contributed by atoms with Crippen molar-refractivity contribution in [2.75, 3.05) is 26.2 Å². The molecule has 0 saturated carbocycles. The molecular weight excluding hydrogens is 134 g/mol. The lowest BCUT2D eigenvalue weighted by Crippen LogP contribution is -2.50. The molecule has 0 aromatic heterocycles. The highest BCUT2D eigenvalue weighted by atomic mass is 15.4. The lowest BCUT2D eigenvalue weighted by Gasteiger charge is -2.39. The summed E-state index contributed by atoms with van der Waals surface area (Å²) in [5, 5.41) is 0. The highest BCUT2D eigenvalue weighted by molar-refractivity contribution is 4.64. The third kappa shape index (κ3) is 1.44. The van der Waals surface area contributed by atoms with Gasteiger partial charge in [0.2, 0.25) is 0 Å². The standard InChI is InChI=1S/C10H20N/c1-10-4-8-11(9-5-10)6-2-3-7-11/h10H,2-9H2,1H3/q+1. The molecule has 2 heterocycles. The van der Waals surface area contributed by atoms with Gasteiger partial charge in [-0.25, -0.2) is 0 Å². The van der Waals surface area contributed by atoms with Gasteiger partial charge >= 0.3 is 0 Å². The zero-order valence-electron chi connectivity index (χ0n) is 7.68. The van der Waals surface area contributed by atoms with Gasteiger partial charge in [-0.3, -0.25) is 0 Å². The average Bonchev–Trinajstić information content (AvgIpc) is 2.45. The van der Waals surface area contributed by atoms with E-state index in [1.54, 1.807) is 0 Å². The van der Waals surface area contributed by atoms with Crippen molar-refractivity contribution in [2.45, 2.75) is 32.6 Å². The molecule has 0 bridgehead atoms. The molecule has 2 aliphatic heterocycles. The quantitative estimate of drug-likeness (QED) is 0.468. The normalized spacial score (nSPS) is 31.4. The third-order valence-corrected chi connectivity index (χ3v) is 3.71. The van der Waals surface area contributed by atoms with Crippen LogP contribution in [0.1, 0.15) is 32.6 Å². The number of piperidine rings is 1. The molecule has 2 saturated heterocycles. The number of nitrogens with zero attached hydrogens (tertiary/aromatic N) is 1. The largest absolute Gasteiger partial charge is 0.324 e. The Morgan fingerprint density at radius 3 is 2.00 bits per heavy atom. The average molecular weight is 154 g/mol. The van der Waals surface area contributed by atoms with E-state index < -0.39 is 0 Å². The van der Waals surface area contributed by atoms with E-state index in [4.69, 9.17) is 0 Å². The van der Waals surface area contributed by atoms with Crippen LogP contribution in [0.15, 0.2) is 0 Å². The predicted octanol–water partition coefficient (Wildman–Crippen LogP) is 2.03. The van der Waals surface area contributed by atoms with E-state index in [0.29, 0.717) is 0 Å². The monoisotopic (exact) mass is 154 g/mol. The van der Waals surface area contributed by atoms with Crippen LogP contribution in [0.3, 0.4) is 0 Å². The minimum Gasteiger partial charge on any atom is -0.324 e. The van der Waals surface area contributed by atoms with Crippen LogP contribution in [-0.2, 0) is 0 Å². The minimum atomic E-state index is 1.01. The van der Waals surface area contributed by atoms with Gasteiger partial charge in [0.15, 0.2) is 0 Å². The first-order valence-corrected chi connectivity index (χ1v) is 5.16. The van der Waals surface area contributed by atoms with Gasteiger partial charge in [-0.1, -0.05) is 6.92 Å². The Bertz CT molecular complexity index is 126. The maximum atomic E-state index is 2.41. The van der Waals surface area contributed by atoms with E-state index in [0.717, 1.165) is 5.92 Å². The molecule has 2 aliphatic rings. The molecule has 2 fully saturated rings. The number of hydrogen-bond acceptors (Lipinski definition) is 0.